The smallest absolute Gasteiger partial charge is 0.0531 e. The van der Waals surface area contributed by atoms with E-state index in [-0.39, 0.29) is 0 Å². The van der Waals surface area contributed by atoms with Crippen molar-refractivity contribution in [2.45, 2.75) is 33.1 Å². The van der Waals surface area contributed by atoms with Gasteiger partial charge < -0.3 is 10.1 Å². The molecule has 14 heavy (non-hydrogen) atoms. The lowest BCUT2D eigenvalue weighted by molar-refractivity contribution is 0.0672. The van der Waals surface area contributed by atoms with Crippen LogP contribution in [0.25, 0.3) is 0 Å². The average molecular weight is 197 g/mol. The largest absolute Gasteiger partial charge is 0.381 e. The maximum atomic E-state index is 5.47. The summed E-state index contributed by atoms with van der Waals surface area (Å²) in [5, 5.41) is 3.33. The number of rotatable bonds is 5. The van der Waals surface area contributed by atoms with Gasteiger partial charge in [0.2, 0.25) is 0 Å². The van der Waals surface area contributed by atoms with Crippen LogP contribution < -0.4 is 5.32 Å². The molecule has 0 radical (unpaired) electrons. The van der Waals surface area contributed by atoms with Crippen molar-refractivity contribution in [2.24, 2.45) is 5.92 Å². The highest BCUT2D eigenvalue weighted by molar-refractivity contribution is 5.04. The minimum Gasteiger partial charge on any atom is -0.381 e. The molecule has 1 N–H and O–H groups in total. The van der Waals surface area contributed by atoms with Gasteiger partial charge in [-0.2, -0.15) is 0 Å². The Labute approximate surface area is 87.7 Å². The monoisotopic (exact) mass is 197 g/mol. The first-order chi connectivity index (χ1) is 6.84. The molecule has 0 aromatic carbocycles. The number of nitrogens with one attached hydrogen (secondary N) is 1. The number of ether oxygens (including phenoxy) is 1. The summed E-state index contributed by atoms with van der Waals surface area (Å²) >= 11 is 0. The molecular weight excluding hydrogens is 174 g/mol. The van der Waals surface area contributed by atoms with Crippen LogP contribution in [-0.2, 0) is 4.74 Å². The van der Waals surface area contributed by atoms with E-state index >= 15 is 0 Å². The van der Waals surface area contributed by atoms with Crippen molar-refractivity contribution in [3.8, 4) is 0 Å². The van der Waals surface area contributed by atoms with Crippen LogP contribution in [0.15, 0.2) is 11.6 Å². The molecule has 0 saturated carbocycles. The Morgan fingerprint density at radius 1 is 1.57 bits per heavy atom. The summed E-state index contributed by atoms with van der Waals surface area (Å²) in [6.45, 7) is 8.45. The van der Waals surface area contributed by atoms with Gasteiger partial charge in [-0.05, 0) is 39.3 Å². The zero-order valence-corrected chi connectivity index (χ0v) is 9.51. The molecule has 2 nitrogen and oxygen atoms in total. The molecule has 1 aliphatic rings. The highest BCUT2D eigenvalue weighted by atomic mass is 16.5. The third kappa shape index (κ3) is 4.25. The van der Waals surface area contributed by atoms with Crippen LogP contribution in [0.1, 0.15) is 33.1 Å². The lowest BCUT2D eigenvalue weighted by Gasteiger charge is -2.22. The zero-order valence-electron chi connectivity index (χ0n) is 9.51. The van der Waals surface area contributed by atoms with Crippen molar-refractivity contribution < 1.29 is 4.74 Å². The van der Waals surface area contributed by atoms with Gasteiger partial charge in [-0.25, -0.2) is 0 Å². The highest BCUT2D eigenvalue weighted by Gasteiger charge is 2.14. The van der Waals surface area contributed by atoms with E-state index in [1.165, 1.54) is 18.4 Å². The molecule has 1 rings (SSSR count). The standard InChI is InChI=1S/C12H23NO/c1-3-13-8-4-6-11(2)12-7-5-9-14-10-12/h6,12-13H,3-5,7-10H2,1-2H3/b11-6-. The first kappa shape index (κ1) is 11.7. The SMILES string of the molecule is CCNCC/C=C(/C)C1CCCOC1. The molecule has 0 amide bonds. The minimum absolute atomic E-state index is 0.686. The van der Waals surface area contributed by atoms with Crippen LogP contribution in [0, 0.1) is 5.92 Å². The fraction of sp³-hybridized carbons (Fsp3) is 0.833. The van der Waals surface area contributed by atoms with Crippen molar-refractivity contribution in [3.05, 3.63) is 11.6 Å². The Kier molecular flexibility index (Phi) is 5.88. The molecule has 0 spiro atoms. The molecule has 0 aromatic rings. The second-order valence-electron chi connectivity index (χ2n) is 4.00. The molecule has 0 bridgehead atoms. The second-order valence-corrected chi connectivity index (χ2v) is 4.00. The molecule has 2 heteroatoms. The Hall–Kier alpha value is -0.340. The van der Waals surface area contributed by atoms with E-state index in [9.17, 15) is 0 Å². The first-order valence-electron chi connectivity index (χ1n) is 5.79. The second kappa shape index (κ2) is 7.02. The first-order valence-corrected chi connectivity index (χ1v) is 5.79. The van der Waals surface area contributed by atoms with Gasteiger partial charge in [0.1, 0.15) is 0 Å². The molecular formula is C12H23NO. The molecule has 1 saturated heterocycles. The minimum atomic E-state index is 0.686. The molecule has 1 heterocycles. The van der Waals surface area contributed by atoms with Crippen molar-refractivity contribution in [3.63, 3.8) is 0 Å². The lowest BCUT2D eigenvalue weighted by atomic mass is 9.94. The van der Waals surface area contributed by atoms with Gasteiger partial charge in [-0.1, -0.05) is 18.6 Å². The lowest BCUT2D eigenvalue weighted by Crippen LogP contribution is -2.18. The van der Waals surface area contributed by atoms with E-state index in [1.807, 2.05) is 0 Å². The predicted octanol–water partition coefficient (Wildman–Crippen LogP) is 2.36. The number of hydrogen-bond donors (Lipinski definition) is 1. The van der Waals surface area contributed by atoms with E-state index in [4.69, 9.17) is 4.74 Å². The zero-order chi connectivity index (χ0) is 10.2. The summed E-state index contributed by atoms with van der Waals surface area (Å²) in [5.41, 5.74) is 1.52. The van der Waals surface area contributed by atoms with E-state index < -0.39 is 0 Å². The van der Waals surface area contributed by atoms with Crippen LogP contribution >= 0.6 is 0 Å². The molecule has 1 unspecified atom stereocenters. The van der Waals surface area contributed by atoms with E-state index in [0.29, 0.717) is 5.92 Å². The molecule has 0 aromatic heterocycles. The number of hydrogen-bond acceptors (Lipinski definition) is 2. The quantitative estimate of drug-likeness (QED) is 0.539. The summed E-state index contributed by atoms with van der Waals surface area (Å²) in [7, 11) is 0. The fourth-order valence-electron chi connectivity index (χ4n) is 1.85. The van der Waals surface area contributed by atoms with Gasteiger partial charge in [-0.15, -0.1) is 0 Å². The normalized spacial score (nSPS) is 23.9. The Bertz CT molecular complexity index is 171. The molecule has 82 valence electrons. The van der Waals surface area contributed by atoms with Gasteiger partial charge in [0, 0.05) is 12.5 Å². The predicted molar refractivity (Wildman–Crippen MR) is 60.5 cm³/mol. The van der Waals surface area contributed by atoms with Crippen LogP contribution in [0.3, 0.4) is 0 Å². The molecule has 1 fully saturated rings. The maximum Gasteiger partial charge on any atom is 0.0531 e. The Morgan fingerprint density at radius 3 is 3.07 bits per heavy atom. The summed E-state index contributed by atoms with van der Waals surface area (Å²) < 4.78 is 5.47. The van der Waals surface area contributed by atoms with Gasteiger partial charge in [0.25, 0.3) is 0 Å². The van der Waals surface area contributed by atoms with Gasteiger partial charge in [-0.3, -0.25) is 0 Å². The summed E-state index contributed by atoms with van der Waals surface area (Å²) in [4.78, 5) is 0. The average Bonchev–Trinajstić information content (AvgIpc) is 2.25. The van der Waals surface area contributed by atoms with Crippen molar-refractivity contribution in [1.82, 2.24) is 5.32 Å². The van der Waals surface area contributed by atoms with Crippen LogP contribution in [-0.4, -0.2) is 26.3 Å². The summed E-state index contributed by atoms with van der Waals surface area (Å²) in [6, 6.07) is 0. The summed E-state index contributed by atoms with van der Waals surface area (Å²) in [5.74, 6) is 0.686. The van der Waals surface area contributed by atoms with Crippen LogP contribution in [0.2, 0.25) is 0 Å². The molecule has 1 aliphatic heterocycles. The van der Waals surface area contributed by atoms with E-state index in [0.717, 1.165) is 32.7 Å². The van der Waals surface area contributed by atoms with E-state index in [1.54, 1.807) is 0 Å². The van der Waals surface area contributed by atoms with Crippen molar-refractivity contribution in [2.75, 3.05) is 26.3 Å². The summed E-state index contributed by atoms with van der Waals surface area (Å²) in [6.07, 6.45) is 6.05. The maximum absolute atomic E-state index is 5.47. The topological polar surface area (TPSA) is 21.3 Å². The van der Waals surface area contributed by atoms with Gasteiger partial charge >= 0.3 is 0 Å². The Morgan fingerprint density at radius 2 is 2.43 bits per heavy atom. The van der Waals surface area contributed by atoms with Crippen LogP contribution in [0.4, 0.5) is 0 Å². The molecule has 0 aliphatic carbocycles. The van der Waals surface area contributed by atoms with Crippen molar-refractivity contribution in [1.29, 1.82) is 0 Å². The third-order valence-electron chi connectivity index (χ3n) is 2.84. The van der Waals surface area contributed by atoms with Crippen LogP contribution in [0.5, 0.6) is 0 Å². The molecule has 1 atom stereocenters. The van der Waals surface area contributed by atoms with Gasteiger partial charge in [0.05, 0.1) is 6.61 Å². The van der Waals surface area contributed by atoms with Gasteiger partial charge in [0.15, 0.2) is 0 Å². The highest BCUT2D eigenvalue weighted by Crippen LogP contribution is 2.21. The fourth-order valence-corrected chi connectivity index (χ4v) is 1.85. The Balaban J connectivity index is 2.20. The van der Waals surface area contributed by atoms with Crippen molar-refractivity contribution >= 4 is 0 Å². The third-order valence-corrected chi connectivity index (χ3v) is 2.84. The van der Waals surface area contributed by atoms with E-state index in [2.05, 4.69) is 25.2 Å².